The van der Waals surface area contributed by atoms with Gasteiger partial charge in [0.05, 0.1) is 0 Å². The molecule has 1 aliphatic rings. The summed E-state index contributed by atoms with van der Waals surface area (Å²) in [5.41, 5.74) is 3.43. The molecule has 0 amide bonds. The standard InChI is InChI=1S/C12H15NO/c1-12(2)11-4-3-9(8-14)7-10(11)5-6-13-12/h3-4,7-8,13H,5-6H2,1-2H3. The quantitative estimate of drug-likeness (QED) is 0.683. The molecule has 0 atom stereocenters. The largest absolute Gasteiger partial charge is 0.307 e. The summed E-state index contributed by atoms with van der Waals surface area (Å²) >= 11 is 0. The average Bonchev–Trinajstić information content (AvgIpc) is 2.16. The monoisotopic (exact) mass is 189 g/mol. The number of carbonyl (C=O) groups is 1. The van der Waals surface area contributed by atoms with Gasteiger partial charge in [0.15, 0.2) is 0 Å². The van der Waals surface area contributed by atoms with E-state index in [-0.39, 0.29) is 5.54 Å². The fraction of sp³-hybridized carbons (Fsp3) is 0.417. The molecule has 1 N–H and O–H groups in total. The summed E-state index contributed by atoms with van der Waals surface area (Å²) in [7, 11) is 0. The molecular formula is C12H15NO. The van der Waals surface area contributed by atoms with Gasteiger partial charge in [-0.1, -0.05) is 12.1 Å². The molecule has 0 radical (unpaired) electrons. The van der Waals surface area contributed by atoms with Gasteiger partial charge in [-0.25, -0.2) is 0 Å². The van der Waals surface area contributed by atoms with E-state index in [0.29, 0.717) is 0 Å². The van der Waals surface area contributed by atoms with Crippen molar-refractivity contribution in [2.45, 2.75) is 25.8 Å². The topological polar surface area (TPSA) is 29.1 Å². The predicted octanol–water partition coefficient (Wildman–Crippen LogP) is 1.88. The number of aldehydes is 1. The fourth-order valence-corrected chi connectivity index (χ4v) is 2.11. The summed E-state index contributed by atoms with van der Waals surface area (Å²) in [5, 5.41) is 3.46. The predicted molar refractivity (Wildman–Crippen MR) is 56.6 cm³/mol. The zero-order chi connectivity index (χ0) is 10.2. The Kier molecular flexibility index (Phi) is 2.16. The number of hydrogen-bond acceptors (Lipinski definition) is 2. The minimum absolute atomic E-state index is 0.0367. The van der Waals surface area contributed by atoms with Gasteiger partial charge in [0.2, 0.25) is 0 Å². The Bertz CT molecular complexity index is 369. The maximum Gasteiger partial charge on any atom is 0.150 e. The first kappa shape index (κ1) is 9.41. The van der Waals surface area contributed by atoms with Crippen LogP contribution in [0.2, 0.25) is 0 Å². The third-order valence-electron chi connectivity index (χ3n) is 2.90. The summed E-state index contributed by atoms with van der Waals surface area (Å²) in [6, 6.07) is 5.96. The Balaban J connectivity index is 2.51. The summed E-state index contributed by atoms with van der Waals surface area (Å²) in [4.78, 5) is 10.6. The van der Waals surface area contributed by atoms with Crippen LogP contribution in [0.15, 0.2) is 18.2 Å². The van der Waals surface area contributed by atoms with Crippen molar-refractivity contribution in [2.24, 2.45) is 0 Å². The van der Waals surface area contributed by atoms with Gasteiger partial charge in [-0.3, -0.25) is 4.79 Å². The Labute approximate surface area is 84.3 Å². The third-order valence-corrected chi connectivity index (χ3v) is 2.90. The fourth-order valence-electron chi connectivity index (χ4n) is 2.11. The highest BCUT2D eigenvalue weighted by Crippen LogP contribution is 2.28. The molecule has 1 aromatic rings. The van der Waals surface area contributed by atoms with Gasteiger partial charge in [-0.15, -0.1) is 0 Å². The molecule has 74 valence electrons. The van der Waals surface area contributed by atoms with Crippen molar-refractivity contribution >= 4 is 6.29 Å². The normalized spacial score (nSPS) is 18.7. The third kappa shape index (κ3) is 1.46. The number of carbonyl (C=O) groups excluding carboxylic acids is 1. The van der Waals surface area contributed by atoms with E-state index in [0.717, 1.165) is 24.8 Å². The zero-order valence-corrected chi connectivity index (χ0v) is 8.63. The van der Waals surface area contributed by atoms with Gasteiger partial charge in [-0.05, 0) is 44.0 Å². The minimum atomic E-state index is 0.0367. The molecule has 14 heavy (non-hydrogen) atoms. The molecule has 2 heteroatoms. The molecule has 0 spiro atoms. The first-order valence-corrected chi connectivity index (χ1v) is 4.97. The summed E-state index contributed by atoms with van der Waals surface area (Å²) in [6.45, 7) is 5.33. The molecular weight excluding hydrogens is 174 g/mol. The molecule has 1 aromatic carbocycles. The second kappa shape index (κ2) is 3.21. The maximum absolute atomic E-state index is 10.6. The summed E-state index contributed by atoms with van der Waals surface area (Å²) < 4.78 is 0. The maximum atomic E-state index is 10.6. The van der Waals surface area contributed by atoms with Crippen molar-refractivity contribution in [2.75, 3.05) is 6.54 Å². The lowest BCUT2D eigenvalue weighted by molar-refractivity contribution is 0.112. The number of benzene rings is 1. The SMILES string of the molecule is CC1(C)NCCc2cc(C=O)ccc21. The Morgan fingerprint density at radius 2 is 2.21 bits per heavy atom. The summed E-state index contributed by atoms with van der Waals surface area (Å²) in [6.07, 6.45) is 1.93. The molecule has 0 aliphatic carbocycles. The lowest BCUT2D eigenvalue weighted by atomic mass is 9.84. The van der Waals surface area contributed by atoms with Crippen molar-refractivity contribution in [3.63, 3.8) is 0 Å². The molecule has 1 aliphatic heterocycles. The molecule has 0 saturated heterocycles. The molecule has 2 nitrogen and oxygen atoms in total. The lowest BCUT2D eigenvalue weighted by Crippen LogP contribution is -2.42. The molecule has 0 fully saturated rings. The van der Waals surface area contributed by atoms with Crippen molar-refractivity contribution in [1.82, 2.24) is 5.32 Å². The second-order valence-electron chi connectivity index (χ2n) is 4.34. The van der Waals surface area contributed by atoms with Crippen LogP contribution in [-0.4, -0.2) is 12.8 Å². The van der Waals surface area contributed by atoms with Crippen LogP contribution in [0.3, 0.4) is 0 Å². The van der Waals surface area contributed by atoms with Crippen LogP contribution in [0.4, 0.5) is 0 Å². The van der Waals surface area contributed by atoms with Gasteiger partial charge in [-0.2, -0.15) is 0 Å². The molecule has 0 bridgehead atoms. The Morgan fingerprint density at radius 3 is 2.93 bits per heavy atom. The van der Waals surface area contributed by atoms with E-state index in [4.69, 9.17) is 0 Å². The molecule has 2 rings (SSSR count). The highest BCUT2D eigenvalue weighted by atomic mass is 16.1. The second-order valence-corrected chi connectivity index (χ2v) is 4.34. The smallest absolute Gasteiger partial charge is 0.150 e. The molecule has 1 heterocycles. The van der Waals surface area contributed by atoms with Crippen molar-refractivity contribution in [3.8, 4) is 0 Å². The van der Waals surface area contributed by atoms with Crippen molar-refractivity contribution < 1.29 is 4.79 Å². The van der Waals surface area contributed by atoms with Crippen molar-refractivity contribution in [3.05, 3.63) is 34.9 Å². The molecule has 0 aromatic heterocycles. The van der Waals surface area contributed by atoms with Gasteiger partial charge < -0.3 is 5.32 Å². The molecule has 0 saturated carbocycles. The van der Waals surface area contributed by atoms with Gasteiger partial charge >= 0.3 is 0 Å². The highest BCUT2D eigenvalue weighted by molar-refractivity contribution is 5.75. The van der Waals surface area contributed by atoms with Gasteiger partial charge in [0, 0.05) is 11.1 Å². The van der Waals surface area contributed by atoms with Crippen LogP contribution in [0.25, 0.3) is 0 Å². The summed E-state index contributed by atoms with van der Waals surface area (Å²) in [5.74, 6) is 0. The first-order valence-electron chi connectivity index (χ1n) is 4.97. The molecule has 0 unspecified atom stereocenters. The van der Waals surface area contributed by atoms with Crippen LogP contribution in [-0.2, 0) is 12.0 Å². The lowest BCUT2D eigenvalue weighted by Gasteiger charge is -2.34. The van der Waals surface area contributed by atoms with Crippen molar-refractivity contribution in [1.29, 1.82) is 0 Å². The van der Waals surface area contributed by atoms with Crippen LogP contribution >= 0.6 is 0 Å². The van der Waals surface area contributed by atoms with E-state index in [2.05, 4.69) is 25.2 Å². The number of nitrogens with one attached hydrogen (secondary N) is 1. The van der Waals surface area contributed by atoms with E-state index < -0.39 is 0 Å². The van der Waals surface area contributed by atoms with E-state index in [1.54, 1.807) is 0 Å². The van der Waals surface area contributed by atoms with Crippen LogP contribution in [0, 0.1) is 0 Å². The van der Waals surface area contributed by atoms with E-state index in [1.165, 1.54) is 11.1 Å². The Morgan fingerprint density at radius 1 is 1.43 bits per heavy atom. The Hall–Kier alpha value is -1.15. The van der Waals surface area contributed by atoms with Crippen LogP contribution in [0.1, 0.15) is 35.3 Å². The average molecular weight is 189 g/mol. The minimum Gasteiger partial charge on any atom is -0.307 e. The first-order chi connectivity index (χ1) is 6.63. The van der Waals surface area contributed by atoms with Crippen LogP contribution < -0.4 is 5.32 Å². The van der Waals surface area contributed by atoms with E-state index in [9.17, 15) is 4.79 Å². The number of fused-ring (bicyclic) bond motifs is 1. The van der Waals surface area contributed by atoms with Gasteiger partial charge in [0.1, 0.15) is 6.29 Å². The van der Waals surface area contributed by atoms with E-state index >= 15 is 0 Å². The number of hydrogen-bond donors (Lipinski definition) is 1. The van der Waals surface area contributed by atoms with Gasteiger partial charge in [0.25, 0.3) is 0 Å². The number of rotatable bonds is 1. The van der Waals surface area contributed by atoms with Crippen LogP contribution in [0.5, 0.6) is 0 Å². The zero-order valence-electron chi connectivity index (χ0n) is 8.63. The van der Waals surface area contributed by atoms with E-state index in [1.807, 2.05) is 12.1 Å². The highest BCUT2D eigenvalue weighted by Gasteiger charge is 2.26.